The van der Waals surface area contributed by atoms with E-state index < -0.39 is 0 Å². The van der Waals surface area contributed by atoms with E-state index in [1.165, 1.54) is 12.3 Å². The van der Waals surface area contributed by atoms with Gasteiger partial charge in [-0.25, -0.2) is 9.97 Å². The molecule has 0 saturated heterocycles. The predicted octanol–water partition coefficient (Wildman–Crippen LogP) is 2.36. The summed E-state index contributed by atoms with van der Waals surface area (Å²) in [6, 6.07) is 3.63. The third-order valence-electron chi connectivity index (χ3n) is 3.84. The van der Waals surface area contributed by atoms with Crippen molar-refractivity contribution in [1.29, 1.82) is 0 Å². The van der Waals surface area contributed by atoms with Crippen LogP contribution in [0.4, 0.5) is 17.3 Å². The van der Waals surface area contributed by atoms with Crippen molar-refractivity contribution in [2.75, 3.05) is 10.2 Å². The number of aromatic hydroxyl groups is 1. The van der Waals surface area contributed by atoms with Gasteiger partial charge in [0.05, 0.1) is 17.4 Å². The summed E-state index contributed by atoms with van der Waals surface area (Å²) in [7, 11) is 0. The van der Waals surface area contributed by atoms with Gasteiger partial charge in [0.2, 0.25) is 0 Å². The van der Waals surface area contributed by atoms with Crippen LogP contribution in [0.5, 0.6) is 5.75 Å². The molecule has 2 aliphatic rings. The predicted molar refractivity (Wildman–Crippen MR) is 78.0 cm³/mol. The number of carbonyl (C=O) groups is 1. The van der Waals surface area contributed by atoms with Crippen molar-refractivity contribution in [2.45, 2.75) is 25.8 Å². The van der Waals surface area contributed by atoms with Crippen LogP contribution in [0.3, 0.4) is 0 Å². The van der Waals surface area contributed by atoms with E-state index in [2.05, 4.69) is 15.3 Å². The second-order valence-electron chi connectivity index (χ2n) is 5.45. The number of carbonyl (C=O) groups excluding carboxylic acids is 1. The summed E-state index contributed by atoms with van der Waals surface area (Å²) >= 11 is 0. The SMILES string of the molecule is Cc1ccnc2c1NC(=O)c1cc(O)cnc1N2C1CC1. The first-order valence-electron chi connectivity index (χ1n) is 6.90. The quantitative estimate of drug-likeness (QED) is 0.839. The number of pyridine rings is 2. The lowest BCUT2D eigenvalue weighted by atomic mass is 10.2. The molecular weight excluding hydrogens is 268 g/mol. The number of rotatable bonds is 1. The average molecular weight is 282 g/mol. The van der Waals surface area contributed by atoms with Crippen LogP contribution in [-0.4, -0.2) is 27.0 Å². The van der Waals surface area contributed by atoms with Crippen molar-refractivity contribution in [2.24, 2.45) is 0 Å². The lowest BCUT2D eigenvalue weighted by Crippen LogP contribution is -2.22. The Balaban J connectivity index is 2.00. The second-order valence-corrected chi connectivity index (χ2v) is 5.45. The topological polar surface area (TPSA) is 78.3 Å². The van der Waals surface area contributed by atoms with E-state index in [-0.39, 0.29) is 11.7 Å². The first kappa shape index (κ1) is 12.1. The number of hydrogen-bond donors (Lipinski definition) is 2. The van der Waals surface area contributed by atoms with Crippen molar-refractivity contribution in [1.82, 2.24) is 9.97 Å². The number of fused-ring (bicyclic) bond motifs is 2. The zero-order valence-electron chi connectivity index (χ0n) is 11.5. The highest BCUT2D eigenvalue weighted by molar-refractivity contribution is 6.12. The maximum absolute atomic E-state index is 12.4. The Labute approximate surface area is 121 Å². The Bertz CT molecular complexity index is 755. The molecule has 0 bridgehead atoms. The zero-order chi connectivity index (χ0) is 14.6. The molecular formula is C15H14N4O2. The Kier molecular flexibility index (Phi) is 2.42. The van der Waals surface area contributed by atoms with E-state index >= 15 is 0 Å². The molecule has 0 atom stereocenters. The van der Waals surface area contributed by atoms with E-state index in [0.717, 1.165) is 24.2 Å². The molecule has 4 rings (SSSR count). The molecule has 3 heterocycles. The highest BCUT2D eigenvalue weighted by Crippen LogP contribution is 2.44. The fraction of sp³-hybridized carbons (Fsp3) is 0.267. The molecule has 0 radical (unpaired) electrons. The van der Waals surface area contributed by atoms with E-state index in [9.17, 15) is 9.90 Å². The highest BCUT2D eigenvalue weighted by Gasteiger charge is 2.38. The van der Waals surface area contributed by atoms with Crippen LogP contribution in [0, 0.1) is 6.92 Å². The summed E-state index contributed by atoms with van der Waals surface area (Å²) in [5, 5.41) is 12.5. The van der Waals surface area contributed by atoms with Crippen molar-refractivity contribution >= 4 is 23.2 Å². The molecule has 0 unspecified atom stereocenters. The molecule has 2 aromatic heterocycles. The van der Waals surface area contributed by atoms with Crippen LogP contribution in [0.25, 0.3) is 0 Å². The minimum absolute atomic E-state index is 0.0183. The highest BCUT2D eigenvalue weighted by atomic mass is 16.3. The molecule has 0 aromatic carbocycles. The van der Waals surface area contributed by atoms with Crippen LogP contribution in [-0.2, 0) is 0 Å². The summed E-state index contributed by atoms with van der Waals surface area (Å²) in [6.45, 7) is 1.94. The zero-order valence-corrected chi connectivity index (χ0v) is 11.5. The van der Waals surface area contributed by atoms with Gasteiger partial charge in [-0.15, -0.1) is 0 Å². The van der Waals surface area contributed by atoms with Crippen molar-refractivity contribution < 1.29 is 9.90 Å². The minimum atomic E-state index is -0.270. The van der Waals surface area contributed by atoms with Crippen LogP contribution in [0.1, 0.15) is 28.8 Å². The van der Waals surface area contributed by atoms with E-state index in [0.29, 0.717) is 23.1 Å². The number of nitrogens with one attached hydrogen (secondary N) is 1. The van der Waals surface area contributed by atoms with Gasteiger partial charge in [-0.2, -0.15) is 0 Å². The van der Waals surface area contributed by atoms with Gasteiger partial charge in [0.25, 0.3) is 5.91 Å². The molecule has 2 N–H and O–H groups in total. The van der Waals surface area contributed by atoms with Gasteiger partial charge in [-0.1, -0.05) is 0 Å². The summed E-state index contributed by atoms with van der Waals surface area (Å²) in [5.41, 5.74) is 2.04. The molecule has 1 aliphatic carbocycles. The number of nitrogens with zero attached hydrogens (tertiary/aromatic N) is 3. The summed E-state index contributed by atoms with van der Waals surface area (Å²) in [4.78, 5) is 23.2. The number of aromatic nitrogens is 2. The number of hydrogen-bond acceptors (Lipinski definition) is 5. The molecule has 106 valence electrons. The third kappa shape index (κ3) is 1.83. The van der Waals surface area contributed by atoms with Gasteiger partial charge in [-0.3, -0.25) is 4.79 Å². The number of anilines is 3. The Morgan fingerprint density at radius 3 is 2.90 bits per heavy atom. The Morgan fingerprint density at radius 1 is 1.33 bits per heavy atom. The lowest BCUT2D eigenvalue weighted by molar-refractivity contribution is 0.102. The van der Waals surface area contributed by atoms with Gasteiger partial charge in [0.1, 0.15) is 11.6 Å². The van der Waals surface area contributed by atoms with Crippen molar-refractivity contribution in [3.05, 3.63) is 35.7 Å². The molecule has 1 fully saturated rings. The van der Waals surface area contributed by atoms with E-state index in [1.54, 1.807) is 6.20 Å². The molecule has 6 heteroatoms. The maximum atomic E-state index is 12.4. The van der Waals surface area contributed by atoms with Crippen molar-refractivity contribution in [3.8, 4) is 5.75 Å². The normalized spacial score (nSPS) is 16.8. The molecule has 1 amide bonds. The van der Waals surface area contributed by atoms with Gasteiger partial charge < -0.3 is 15.3 Å². The standard InChI is InChI=1S/C15H14N4O2/c1-8-4-5-16-14-12(8)18-15(21)11-6-10(20)7-17-13(11)19(14)9-2-3-9/h4-7,9,20H,2-3H2,1H3,(H,18,21). The summed E-state index contributed by atoms with van der Waals surface area (Å²) < 4.78 is 0. The molecule has 21 heavy (non-hydrogen) atoms. The monoisotopic (exact) mass is 282 g/mol. The number of amides is 1. The van der Waals surface area contributed by atoms with E-state index in [4.69, 9.17) is 0 Å². The maximum Gasteiger partial charge on any atom is 0.259 e. The Morgan fingerprint density at radius 2 is 2.14 bits per heavy atom. The van der Waals surface area contributed by atoms with Crippen LogP contribution < -0.4 is 10.2 Å². The average Bonchev–Trinajstić information content (AvgIpc) is 3.28. The molecule has 1 aliphatic heterocycles. The van der Waals surface area contributed by atoms with Gasteiger partial charge in [0, 0.05) is 12.2 Å². The van der Waals surface area contributed by atoms with Gasteiger partial charge in [0.15, 0.2) is 5.82 Å². The summed E-state index contributed by atoms with van der Waals surface area (Å²) in [5.74, 6) is 0.997. The van der Waals surface area contributed by atoms with Gasteiger partial charge in [-0.05, 0) is 37.5 Å². The van der Waals surface area contributed by atoms with Gasteiger partial charge >= 0.3 is 0 Å². The van der Waals surface area contributed by atoms with E-state index in [1.807, 2.05) is 17.9 Å². The minimum Gasteiger partial charge on any atom is -0.506 e. The first-order valence-corrected chi connectivity index (χ1v) is 6.90. The Hall–Kier alpha value is -2.63. The third-order valence-corrected chi connectivity index (χ3v) is 3.84. The van der Waals surface area contributed by atoms with Crippen LogP contribution >= 0.6 is 0 Å². The van der Waals surface area contributed by atoms with Crippen molar-refractivity contribution in [3.63, 3.8) is 0 Å². The smallest absolute Gasteiger partial charge is 0.259 e. The van der Waals surface area contributed by atoms with Crippen LogP contribution in [0.2, 0.25) is 0 Å². The molecule has 2 aromatic rings. The van der Waals surface area contributed by atoms with Crippen LogP contribution in [0.15, 0.2) is 24.5 Å². The number of aryl methyl sites for hydroxylation is 1. The fourth-order valence-electron chi connectivity index (χ4n) is 2.65. The fourth-order valence-corrected chi connectivity index (χ4v) is 2.65. The molecule has 0 spiro atoms. The largest absolute Gasteiger partial charge is 0.506 e. The first-order chi connectivity index (χ1) is 10.1. The lowest BCUT2D eigenvalue weighted by Gasteiger charge is -2.23. The molecule has 6 nitrogen and oxygen atoms in total. The second kappa shape index (κ2) is 4.18. The summed E-state index contributed by atoms with van der Waals surface area (Å²) in [6.07, 6.45) is 5.19. The molecule has 1 saturated carbocycles.